The van der Waals surface area contributed by atoms with Gasteiger partial charge in [0.15, 0.2) is 0 Å². The van der Waals surface area contributed by atoms with Gasteiger partial charge in [-0.25, -0.2) is 0 Å². The molecule has 6 heteroatoms. The summed E-state index contributed by atoms with van der Waals surface area (Å²) in [7, 11) is 0. The Morgan fingerprint density at radius 3 is 2.56 bits per heavy atom. The number of nitrogens with two attached hydrogens (primary N) is 2. The summed E-state index contributed by atoms with van der Waals surface area (Å²) < 4.78 is 0. The van der Waals surface area contributed by atoms with Gasteiger partial charge >= 0.3 is 0 Å². The summed E-state index contributed by atoms with van der Waals surface area (Å²) in [6.45, 7) is 4.33. The highest BCUT2D eigenvalue weighted by molar-refractivity contribution is 5.65. The lowest BCUT2D eigenvalue weighted by Crippen LogP contribution is -2.39. The molecule has 1 aromatic carbocycles. The van der Waals surface area contributed by atoms with E-state index in [1.807, 2.05) is 13.8 Å². The Labute approximate surface area is 93.8 Å². The van der Waals surface area contributed by atoms with E-state index in [0.717, 1.165) is 5.69 Å². The average Bonchev–Trinajstić information content (AvgIpc) is 2.13. The molecule has 16 heavy (non-hydrogen) atoms. The molecule has 0 radical (unpaired) electrons. The van der Waals surface area contributed by atoms with Crippen LogP contribution in [0.15, 0.2) is 18.2 Å². The summed E-state index contributed by atoms with van der Waals surface area (Å²) in [5.41, 5.74) is 11.8. The zero-order chi connectivity index (χ0) is 12.3. The van der Waals surface area contributed by atoms with Crippen LogP contribution in [0.3, 0.4) is 0 Å². The minimum Gasteiger partial charge on any atom is -0.393 e. The van der Waals surface area contributed by atoms with Crippen LogP contribution in [0.25, 0.3) is 0 Å². The normalized spacial score (nSPS) is 11.2. The minimum atomic E-state index is -0.508. The molecule has 0 bridgehead atoms. The fraction of sp³-hybridized carbons (Fsp3) is 0.400. The van der Waals surface area contributed by atoms with Crippen molar-refractivity contribution < 1.29 is 4.92 Å². The quantitative estimate of drug-likeness (QED) is 0.406. The van der Waals surface area contributed by atoms with Crippen molar-refractivity contribution in [3.8, 4) is 0 Å². The molecule has 0 aliphatic carbocycles. The molecule has 0 unspecified atom stereocenters. The van der Waals surface area contributed by atoms with Crippen LogP contribution in [0.5, 0.6) is 0 Å². The Kier molecular flexibility index (Phi) is 3.34. The van der Waals surface area contributed by atoms with Gasteiger partial charge in [-0.1, -0.05) is 0 Å². The summed E-state index contributed by atoms with van der Waals surface area (Å²) in [5, 5.41) is 13.6. The van der Waals surface area contributed by atoms with Gasteiger partial charge in [-0.3, -0.25) is 10.1 Å². The number of nitrogens with one attached hydrogen (secondary N) is 1. The van der Waals surface area contributed by atoms with Crippen molar-refractivity contribution in [2.75, 3.05) is 17.6 Å². The third-order valence-electron chi connectivity index (χ3n) is 1.97. The number of nitrogen functional groups attached to an aromatic ring is 1. The molecule has 0 fully saturated rings. The number of nitrogens with zero attached hydrogens (tertiary/aromatic N) is 1. The monoisotopic (exact) mass is 224 g/mol. The van der Waals surface area contributed by atoms with E-state index in [0.29, 0.717) is 6.54 Å². The van der Waals surface area contributed by atoms with Gasteiger partial charge < -0.3 is 16.8 Å². The van der Waals surface area contributed by atoms with Crippen molar-refractivity contribution in [3.05, 3.63) is 28.3 Å². The predicted molar refractivity (Wildman–Crippen MR) is 64.3 cm³/mol. The highest BCUT2D eigenvalue weighted by Crippen LogP contribution is 2.24. The van der Waals surface area contributed by atoms with Crippen LogP contribution in [0.2, 0.25) is 0 Å². The van der Waals surface area contributed by atoms with Crippen LogP contribution in [-0.4, -0.2) is 17.0 Å². The Morgan fingerprint density at radius 2 is 2.12 bits per heavy atom. The van der Waals surface area contributed by atoms with Gasteiger partial charge in [-0.05, 0) is 26.0 Å². The smallest absolute Gasteiger partial charge is 0.292 e. The molecule has 0 atom stereocenters. The Balaban J connectivity index is 2.78. The number of hydrogen-bond donors (Lipinski definition) is 3. The second-order valence-corrected chi connectivity index (χ2v) is 4.37. The van der Waals surface area contributed by atoms with E-state index in [-0.39, 0.29) is 16.9 Å². The molecule has 0 amide bonds. The SMILES string of the molecule is CC(C)(N)CNc1ccc([N+](=O)[O-])c(N)c1. The van der Waals surface area contributed by atoms with Crippen LogP contribution >= 0.6 is 0 Å². The Hall–Kier alpha value is -1.82. The van der Waals surface area contributed by atoms with Gasteiger partial charge in [0, 0.05) is 23.8 Å². The lowest BCUT2D eigenvalue weighted by atomic mass is 10.1. The zero-order valence-electron chi connectivity index (χ0n) is 9.36. The highest BCUT2D eigenvalue weighted by Gasteiger charge is 2.13. The van der Waals surface area contributed by atoms with Crippen molar-refractivity contribution in [2.45, 2.75) is 19.4 Å². The lowest BCUT2D eigenvalue weighted by Gasteiger charge is -2.19. The number of anilines is 2. The molecule has 0 aromatic heterocycles. The van der Waals surface area contributed by atoms with Gasteiger partial charge in [-0.2, -0.15) is 0 Å². The third kappa shape index (κ3) is 3.39. The van der Waals surface area contributed by atoms with Crippen molar-refractivity contribution in [3.63, 3.8) is 0 Å². The zero-order valence-corrected chi connectivity index (χ0v) is 9.36. The van der Waals surface area contributed by atoms with Gasteiger partial charge in [0.2, 0.25) is 0 Å². The fourth-order valence-corrected chi connectivity index (χ4v) is 1.16. The molecule has 1 aromatic rings. The third-order valence-corrected chi connectivity index (χ3v) is 1.97. The highest BCUT2D eigenvalue weighted by atomic mass is 16.6. The van der Waals surface area contributed by atoms with Crippen LogP contribution in [-0.2, 0) is 0 Å². The summed E-state index contributed by atoms with van der Waals surface area (Å²) in [4.78, 5) is 10.0. The average molecular weight is 224 g/mol. The first-order chi connectivity index (χ1) is 7.29. The number of benzene rings is 1. The first kappa shape index (κ1) is 12.3. The maximum absolute atomic E-state index is 10.5. The molecule has 0 aliphatic rings. The Bertz CT molecular complexity index is 398. The van der Waals surface area contributed by atoms with Crippen LogP contribution in [0.4, 0.5) is 17.1 Å². The molecule has 88 valence electrons. The molecule has 0 heterocycles. The molecule has 0 saturated carbocycles. The maximum Gasteiger partial charge on any atom is 0.292 e. The summed E-state index contributed by atoms with van der Waals surface area (Å²) >= 11 is 0. The molecular weight excluding hydrogens is 208 g/mol. The van der Waals surface area contributed by atoms with Crippen molar-refractivity contribution >= 4 is 17.1 Å². The molecule has 6 nitrogen and oxygen atoms in total. The first-order valence-corrected chi connectivity index (χ1v) is 4.86. The molecule has 0 spiro atoms. The van der Waals surface area contributed by atoms with E-state index in [2.05, 4.69) is 5.32 Å². The van der Waals surface area contributed by atoms with Crippen molar-refractivity contribution in [1.82, 2.24) is 0 Å². The molecule has 5 N–H and O–H groups in total. The second-order valence-electron chi connectivity index (χ2n) is 4.37. The van der Waals surface area contributed by atoms with Gasteiger partial charge in [-0.15, -0.1) is 0 Å². The number of nitro groups is 1. The number of hydrogen-bond acceptors (Lipinski definition) is 5. The number of nitro benzene ring substituents is 1. The van der Waals surface area contributed by atoms with Crippen molar-refractivity contribution in [2.24, 2.45) is 5.73 Å². The molecule has 0 aliphatic heterocycles. The van der Waals surface area contributed by atoms with E-state index in [4.69, 9.17) is 11.5 Å². The summed E-state index contributed by atoms with van der Waals surface area (Å²) in [6.07, 6.45) is 0. The first-order valence-electron chi connectivity index (χ1n) is 4.86. The standard InChI is InChI=1S/C10H16N4O2/c1-10(2,12)6-13-7-3-4-9(14(15)16)8(11)5-7/h3-5,13H,6,11-12H2,1-2H3. The van der Waals surface area contributed by atoms with Crippen LogP contribution in [0.1, 0.15) is 13.8 Å². The van der Waals surface area contributed by atoms with E-state index < -0.39 is 4.92 Å². The van der Waals surface area contributed by atoms with Crippen molar-refractivity contribution in [1.29, 1.82) is 0 Å². The predicted octanol–water partition coefficient (Wildman–Crippen LogP) is 1.33. The summed E-state index contributed by atoms with van der Waals surface area (Å²) in [5.74, 6) is 0. The van der Waals surface area contributed by atoms with Crippen LogP contribution in [0, 0.1) is 10.1 Å². The largest absolute Gasteiger partial charge is 0.393 e. The van der Waals surface area contributed by atoms with E-state index in [1.165, 1.54) is 12.1 Å². The minimum absolute atomic E-state index is 0.0856. The van der Waals surface area contributed by atoms with E-state index in [1.54, 1.807) is 6.07 Å². The maximum atomic E-state index is 10.5. The van der Waals surface area contributed by atoms with E-state index >= 15 is 0 Å². The topological polar surface area (TPSA) is 107 Å². The second kappa shape index (κ2) is 4.36. The lowest BCUT2D eigenvalue weighted by molar-refractivity contribution is -0.383. The van der Waals surface area contributed by atoms with Gasteiger partial charge in [0.25, 0.3) is 5.69 Å². The van der Waals surface area contributed by atoms with Crippen LogP contribution < -0.4 is 16.8 Å². The Morgan fingerprint density at radius 1 is 1.50 bits per heavy atom. The summed E-state index contributed by atoms with van der Waals surface area (Å²) in [6, 6.07) is 4.52. The van der Waals surface area contributed by atoms with E-state index in [9.17, 15) is 10.1 Å². The molecule has 0 saturated heterocycles. The van der Waals surface area contributed by atoms with Gasteiger partial charge in [0.1, 0.15) is 5.69 Å². The van der Waals surface area contributed by atoms with Gasteiger partial charge in [0.05, 0.1) is 4.92 Å². The molecular formula is C10H16N4O2. The fourth-order valence-electron chi connectivity index (χ4n) is 1.16. The molecule has 1 rings (SSSR count). The number of rotatable bonds is 4.